The zero-order valence-electron chi connectivity index (χ0n) is 12.8. The van der Waals surface area contributed by atoms with Gasteiger partial charge in [0.15, 0.2) is 0 Å². The third-order valence-electron chi connectivity index (χ3n) is 3.17. The van der Waals surface area contributed by atoms with Crippen molar-refractivity contribution in [1.29, 1.82) is 0 Å². The van der Waals surface area contributed by atoms with Crippen LogP contribution in [0.4, 0.5) is 22.7 Å². The summed E-state index contributed by atoms with van der Waals surface area (Å²) in [7, 11) is 0. The Bertz CT molecular complexity index is 686. The molecule has 6 nitrogen and oxygen atoms in total. The van der Waals surface area contributed by atoms with Gasteiger partial charge < -0.3 is 32.4 Å². The van der Waals surface area contributed by atoms with Crippen LogP contribution in [0.2, 0.25) is 0 Å². The average molecular weight is 314 g/mol. The maximum Gasteiger partial charge on any atom is 0.142 e. The molecule has 0 fully saturated rings. The second kappa shape index (κ2) is 7.95. The van der Waals surface area contributed by atoms with Gasteiger partial charge in [0.25, 0.3) is 0 Å². The minimum absolute atomic E-state index is 0.0432. The Labute approximate surface area is 135 Å². The molecule has 0 radical (unpaired) electrons. The quantitative estimate of drug-likeness (QED) is 0.498. The smallest absolute Gasteiger partial charge is 0.142 e. The number of ether oxygens (including phenoxy) is 1. The molecule has 8 N–H and O–H groups in total. The van der Waals surface area contributed by atoms with Crippen LogP contribution in [0.3, 0.4) is 0 Å². The molecule has 23 heavy (non-hydrogen) atoms. The van der Waals surface area contributed by atoms with E-state index in [-0.39, 0.29) is 13.2 Å². The van der Waals surface area contributed by atoms with Crippen molar-refractivity contribution in [2.24, 2.45) is 0 Å². The van der Waals surface area contributed by atoms with E-state index in [0.717, 1.165) is 11.3 Å². The van der Waals surface area contributed by atoms with E-state index in [1.54, 1.807) is 30.3 Å². The topological polar surface area (TPSA) is 120 Å². The minimum Gasteiger partial charge on any atom is -0.489 e. The van der Waals surface area contributed by atoms with E-state index in [1.165, 1.54) is 0 Å². The van der Waals surface area contributed by atoms with Crippen LogP contribution in [0.1, 0.15) is 5.56 Å². The van der Waals surface area contributed by atoms with Gasteiger partial charge in [-0.05, 0) is 42.0 Å². The van der Waals surface area contributed by atoms with E-state index in [2.05, 4.69) is 5.32 Å². The number of rotatable bonds is 7. The van der Waals surface area contributed by atoms with Gasteiger partial charge in [-0.25, -0.2) is 0 Å². The molecule has 122 valence electrons. The Hall–Kier alpha value is -2.86. The molecule has 0 saturated heterocycles. The number of benzene rings is 2. The van der Waals surface area contributed by atoms with Gasteiger partial charge in [0.05, 0.1) is 12.3 Å². The van der Waals surface area contributed by atoms with E-state index in [9.17, 15) is 0 Å². The van der Waals surface area contributed by atoms with E-state index in [0.29, 0.717) is 29.4 Å². The summed E-state index contributed by atoms with van der Waals surface area (Å²) in [6.07, 6.45) is 3.84. The lowest BCUT2D eigenvalue weighted by atomic mass is 10.1. The molecule has 0 aromatic heterocycles. The highest BCUT2D eigenvalue weighted by Crippen LogP contribution is 2.26. The van der Waals surface area contributed by atoms with E-state index < -0.39 is 0 Å². The van der Waals surface area contributed by atoms with Gasteiger partial charge in [0, 0.05) is 23.6 Å². The number of aliphatic hydroxyl groups excluding tert-OH is 1. The van der Waals surface area contributed by atoms with Gasteiger partial charge >= 0.3 is 0 Å². The zero-order valence-corrected chi connectivity index (χ0v) is 12.8. The molecule has 0 atom stereocenters. The highest BCUT2D eigenvalue weighted by Gasteiger charge is 2.03. The molecule has 6 heteroatoms. The number of anilines is 4. The third kappa shape index (κ3) is 4.82. The first-order valence-electron chi connectivity index (χ1n) is 7.28. The maximum atomic E-state index is 8.86. The predicted molar refractivity (Wildman–Crippen MR) is 96.2 cm³/mol. The standard InChI is InChI=1S/C17H22N4O2/c18-13-3-5-15(20)12(10-13)2-1-7-21-16-11-14(19)4-6-17(16)23-9-8-22/h1-6,10-11,21-22H,7-9,18-20H2/b2-1+. The molecule has 2 rings (SSSR count). The fourth-order valence-electron chi connectivity index (χ4n) is 2.06. The monoisotopic (exact) mass is 314 g/mol. The van der Waals surface area contributed by atoms with Crippen LogP contribution in [0.15, 0.2) is 42.5 Å². The van der Waals surface area contributed by atoms with Crippen LogP contribution in [-0.4, -0.2) is 24.9 Å². The van der Waals surface area contributed by atoms with Crippen LogP contribution < -0.4 is 27.3 Å². The summed E-state index contributed by atoms with van der Waals surface area (Å²) < 4.78 is 5.46. The van der Waals surface area contributed by atoms with Crippen molar-refractivity contribution in [3.63, 3.8) is 0 Å². The van der Waals surface area contributed by atoms with Crippen molar-refractivity contribution in [2.75, 3.05) is 42.3 Å². The molecule has 0 bridgehead atoms. The highest BCUT2D eigenvalue weighted by molar-refractivity contribution is 5.69. The summed E-state index contributed by atoms with van der Waals surface area (Å²) in [6.45, 7) is 0.750. The molecule has 0 aliphatic carbocycles. The van der Waals surface area contributed by atoms with Crippen molar-refractivity contribution in [3.8, 4) is 5.75 Å². The van der Waals surface area contributed by atoms with Crippen molar-refractivity contribution in [2.45, 2.75) is 0 Å². The summed E-state index contributed by atoms with van der Waals surface area (Å²) in [4.78, 5) is 0. The minimum atomic E-state index is -0.0432. The van der Waals surface area contributed by atoms with Gasteiger partial charge in [0.2, 0.25) is 0 Å². The molecular weight excluding hydrogens is 292 g/mol. The van der Waals surface area contributed by atoms with Gasteiger partial charge in [0.1, 0.15) is 12.4 Å². The number of nitrogen functional groups attached to an aromatic ring is 3. The Morgan fingerprint density at radius 2 is 1.78 bits per heavy atom. The lowest BCUT2D eigenvalue weighted by molar-refractivity contribution is 0.202. The van der Waals surface area contributed by atoms with E-state index in [1.807, 2.05) is 18.2 Å². The molecule has 0 spiro atoms. The van der Waals surface area contributed by atoms with Gasteiger partial charge in [-0.2, -0.15) is 0 Å². The molecule has 2 aromatic rings. The molecular formula is C17H22N4O2. The average Bonchev–Trinajstić information content (AvgIpc) is 2.54. The summed E-state index contributed by atoms with van der Waals surface area (Å²) in [6, 6.07) is 10.7. The van der Waals surface area contributed by atoms with Crippen molar-refractivity contribution in [1.82, 2.24) is 0 Å². The summed E-state index contributed by atoms with van der Waals surface area (Å²) in [5, 5.41) is 12.1. The normalized spacial score (nSPS) is 10.8. The Balaban J connectivity index is 2.01. The van der Waals surface area contributed by atoms with E-state index in [4.69, 9.17) is 27.0 Å². The molecule has 0 aliphatic rings. The molecule has 0 unspecified atom stereocenters. The largest absolute Gasteiger partial charge is 0.489 e. The maximum absolute atomic E-state index is 8.86. The second-order valence-corrected chi connectivity index (χ2v) is 5.00. The van der Waals surface area contributed by atoms with Gasteiger partial charge in [-0.15, -0.1) is 0 Å². The first-order chi connectivity index (χ1) is 11.1. The summed E-state index contributed by atoms with van der Waals surface area (Å²) in [5.41, 5.74) is 21.1. The second-order valence-electron chi connectivity index (χ2n) is 5.00. The fraction of sp³-hybridized carbons (Fsp3) is 0.176. The molecule has 0 heterocycles. The van der Waals surface area contributed by atoms with Crippen molar-refractivity contribution in [3.05, 3.63) is 48.0 Å². The van der Waals surface area contributed by atoms with Crippen molar-refractivity contribution < 1.29 is 9.84 Å². The van der Waals surface area contributed by atoms with Crippen LogP contribution in [-0.2, 0) is 0 Å². The van der Waals surface area contributed by atoms with Gasteiger partial charge in [-0.1, -0.05) is 12.2 Å². The van der Waals surface area contributed by atoms with Crippen LogP contribution in [0.25, 0.3) is 6.08 Å². The first kappa shape index (κ1) is 16.5. The van der Waals surface area contributed by atoms with Crippen LogP contribution in [0.5, 0.6) is 5.75 Å². The Morgan fingerprint density at radius 1 is 1.04 bits per heavy atom. The molecule has 0 saturated carbocycles. The summed E-state index contributed by atoms with van der Waals surface area (Å²) in [5.74, 6) is 0.644. The SMILES string of the molecule is Nc1ccc(N)c(/C=C/CNc2cc(N)ccc2OCCO)c1. The number of nitrogens with one attached hydrogen (secondary N) is 1. The Morgan fingerprint density at radius 3 is 2.57 bits per heavy atom. The molecule has 0 aliphatic heterocycles. The number of nitrogens with two attached hydrogens (primary N) is 3. The van der Waals surface area contributed by atoms with Crippen LogP contribution in [0, 0.1) is 0 Å². The molecule has 0 amide bonds. The summed E-state index contributed by atoms with van der Waals surface area (Å²) >= 11 is 0. The van der Waals surface area contributed by atoms with Gasteiger partial charge in [-0.3, -0.25) is 0 Å². The lowest BCUT2D eigenvalue weighted by Crippen LogP contribution is -2.06. The van der Waals surface area contributed by atoms with Crippen LogP contribution >= 0.6 is 0 Å². The molecule has 2 aromatic carbocycles. The third-order valence-corrected chi connectivity index (χ3v) is 3.17. The lowest BCUT2D eigenvalue weighted by Gasteiger charge is -2.12. The Kier molecular flexibility index (Phi) is 5.71. The number of hydrogen-bond acceptors (Lipinski definition) is 6. The number of aliphatic hydroxyl groups is 1. The fourth-order valence-corrected chi connectivity index (χ4v) is 2.06. The zero-order chi connectivity index (χ0) is 16.7. The van der Waals surface area contributed by atoms with Crippen molar-refractivity contribution >= 4 is 28.8 Å². The van der Waals surface area contributed by atoms with E-state index >= 15 is 0 Å². The predicted octanol–water partition coefficient (Wildman–Crippen LogP) is 1.93. The highest BCUT2D eigenvalue weighted by atomic mass is 16.5. The first-order valence-corrected chi connectivity index (χ1v) is 7.28. The number of hydrogen-bond donors (Lipinski definition) is 5.